The molecule has 0 aromatic heterocycles. The summed E-state index contributed by atoms with van der Waals surface area (Å²) in [5.74, 6) is -0.304. The van der Waals surface area contributed by atoms with Gasteiger partial charge < -0.3 is 9.47 Å². The molecule has 0 aromatic rings. The summed E-state index contributed by atoms with van der Waals surface area (Å²) in [7, 11) is 1.37. The summed E-state index contributed by atoms with van der Waals surface area (Å²) >= 11 is 0. The second kappa shape index (κ2) is 7.20. The number of hydrogen-bond acceptors (Lipinski definition) is 5. The molecule has 1 fully saturated rings. The predicted octanol–water partition coefficient (Wildman–Crippen LogP) is 0.554. The van der Waals surface area contributed by atoms with E-state index in [1.165, 1.54) is 7.11 Å². The molecule has 0 saturated carbocycles. The highest BCUT2D eigenvalue weighted by atomic mass is 16.6. The van der Waals surface area contributed by atoms with Crippen LogP contribution in [0.25, 0.3) is 0 Å². The van der Waals surface area contributed by atoms with Crippen molar-refractivity contribution < 1.29 is 14.3 Å². The van der Waals surface area contributed by atoms with Crippen LogP contribution in [0.4, 0.5) is 0 Å². The van der Waals surface area contributed by atoms with E-state index in [0.29, 0.717) is 19.6 Å². The normalized spacial score (nSPS) is 21.4. The topological polar surface area (TPSA) is 62.6 Å². The maximum atomic E-state index is 11.3. The minimum absolute atomic E-state index is 0.304. The lowest BCUT2D eigenvalue weighted by molar-refractivity contribution is -0.159. The van der Waals surface area contributed by atoms with Gasteiger partial charge in [0.05, 0.1) is 19.8 Å². The van der Waals surface area contributed by atoms with E-state index in [1.807, 2.05) is 0 Å². The van der Waals surface area contributed by atoms with Crippen LogP contribution >= 0.6 is 0 Å². The zero-order valence-electron chi connectivity index (χ0n) is 9.65. The summed E-state index contributed by atoms with van der Waals surface area (Å²) < 4.78 is 9.97. The summed E-state index contributed by atoms with van der Waals surface area (Å²) in [6.07, 6.45) is 2.05. The molecular formula is C11H18N2O3. The van der Waals surface area contributed by atoms with Crippen LogP contribution in [0.15, 0.2) is 0 Å². The highest BCUT2D eigenvalue weighted by Gasteiger charge is 2.26. The standard InChI is InChI=1S/C11H18N2O3/c1-15-11(14)10-9-13(7-8-16-10)6-4-2-3-5-12/h10H,2-4,6-9H2,1H3. The molecule has 0 bridgehead atoms. The van der Waals surface area contributed by atoms with Gasteiger partial charge in [-0.15, -0.1) is 0 Å². The highest BCUT2D eigenvalue weighted by Crippen LogP contribution is 2.08. The van der Waals surface area contributed by atoms with Gasteiger partial charge in [0.15, 0.2) is 6.10 Å². The van der Waals surface area contributed by atoms with E-state index >= 15 is 0 Å². The third-order valence-electron chi connectivity index (χ3n) is 2.63. The van der Waals surface area contributed by atoms with Gasteiger partial charge in [-0.1, -0.05) is 0 Å². The molecular weight excluding hydrogens is 208 g/mol. The van der Waals surface area contributed by atoms with Gasteiger partial charge in [0.25, 0.3) is 0 Å². The van der Waals surface area contributed by atoms with E-state index in [0.717, 1.165) is 25.9 Å². The van der Waals surface area contributed by atoms with Crippen LogP contribution in [0.2, 0.25) is 0 Å². The number of carbonyl (C=O) groups excluding carboxylic acids is 1. The van der Waals surface area contributed by atoms with Gasteiger partial charge in [0, 0.05) is 19.5 Å². The first-order chi connectivity index (χ1) is 7.77. The molecule has 0 spiro atoms. The average Bonchev–Trinajstić information content (AvgIpc) is 2.34. The number of rotatable bonds is 5. The number of nitriles is 1. The molecule has 5 nitrogen and oxygen atoms in total. The quantitative estimate of drug-likeness (QED) is 0.506. The molecule has 0 aromatic carbocycles. The third kappa shape index (κ3) is 4.17. The Balaban J connectivity index is 2.23. The molecule has 0 amide bonds. The summed E-state index contributed by atoms with van der Waals surface area (Å²) in [6, 6.07) is 2.12. The van der Waals surface area contributed by atoms with Crippen molar-refractivity contribution in [2.24, 2.45) is 0 Å². The van der Waals surface area contributed by atoms with E-state index in [9.17, 15) is 4.79 Å². The number of ether oxygens (including phenoxy) is 2. The SMILES string of the molecule is COC(=O)C1CN(CCCCC#N)CCO1. The zero-order chi connectivity index (χ0) is 11.8. The summed E-state index contributed by atoms with van der Waals surface area (Å²) in [5, 5.41) is 8.41. The number of esters is 1. The summed E-state index contributed by atoms with van der Waals surface area (Å²) in [6.45, 7) is 2.93. The van der Waals surface area contributed by atoms with Crippen LogP contribution in [0.1, 0.15) is 19.3 Å². The minimum Gasteiger partial charge on any atom is -0.467 e. The monoisotopic (exact) mass is 226 g/mol. The van der Waals surface area contributed by atoms with Gasteiger partial charge >= 0.3 is 5.97 Å². The maximum Gasteiger partial charge on any atom is 0.336 e. The Bertz CT molecular complexity index is 262. The lowest BCUT2D eigenvalue weighted by Gasteiger charge is -2.31. The van der Waals surface area contributed by atoms with Crippen molar-refractivity contribution in [2.75, 3.05) is 33.4 Å². The Morgan fingerprint density at radius 1 is 1.62 bits per heavy atom. The number of methoxy groups -OCH3 is 1. The van der Waals surface area contributed by atoms with Gasteiger partial charge in [-0.25, -0.2) is 4.79 Å². The van der Waals surface area contributed by atoms with Gasteiger partial charge in [0.2, 0.25) is 0 Å². The van der Waals surface area contributed by atoms with Crippen molar-refractivity contribution in [3.8, 4) is 6.07 Å². The molecule has 1 heterocycles. The molecule has 0 radical (unpaired) electrons. The van der Waals surface area contributed by atoms with Crippen LogP contribution in [0.5, 0.6) is 0 Å². The first-order valence-corrected chi connectivity index (χ1v) is 5.56. The smallest absolute Gasteiger partial charge is 0.336 e. The molecule has 90 valence electrons. The number of hydrogen-bond donors (Lipinski definition) is 0. The third-order valence-corrected chi connectivity index (χ3v) is 2.63. The Morgan fingerprint density at radius 2 is 2.44 bits per heavy atom. The summed E-state index contributed by atoms with van der Waals surface area (Å²) in [4.78, 5) is 13.5. The number of morpholine rings is 1. The Labute approximate surface area is 95.9 Å². The second-order valence-corrected chi connectivity index (χ2v) is 3.80. The predicted molar refractivity (Wildman–Crippen MR) is 57.7 cm³/mol. The second-order valence-electron chi connectivity index (χ2n) is 3.80. The first kappa shape index (κ1) is 12.9. The van der Waals surface area contributed by atoms with Crippen LogP contribution in [0, 0.1) is 11.3 Å². The summed E-state index contributed by atoms with van der Waals surface area (Å²) in [5.41, 5.74) is 0. The fourth-order valence-corrected chi connectivity index (χ4v) is 1.72. The molecule has 5 heteroatoms. The van der Waals surface area contributed by atoms with Crippen LogP contribution in [-0.4, -0.2) is 50.3 Å². The van der Waals surface area contributed by atoms with E-state index in [1.54, 1.807) is 0 Å². The van der Waals surface area contributed by atoms with Crippen molar-refractivity contribution in [3.63, 3.8) is 0 Å². The highest BCUT2D eigenvalue weighted by molar-refractivity contribution is 5.74. The Kier molecular flexibility index (Phi) is 5.83. The zero-order valence-corrected chi connectivity index (χ0v) is 9.65. The van der Waals surface area contributed by atoms with Gasteiger partial charge in [0.1, 0.15) is 0 Å². The van der Waals surface area contributed by atoms with Crippen LogP contribution < -0.4 is 0 Å². The molecule has 16 heavy (non-hydrogen) atoms. The molecule has 0 aliphatic carbocycles. The lowest BCUT2D eigenvalue weighted by Crippen LogP contribution is -2.46. The molecule has 1 atom stereocenters. The number of carbonyl (C=O) groups is 1. The number of nitrogens with zero attached hydrogens (tertiary/aromatic N) is 2. The van der Waals surface area contributed by atoms with Crippen LogP contribution in [-0.2, 0) is 14.3 Å². The van der Waals surface area contributed by atoms with Gasteiger partial charge in [-0.05, 0) is 19.4 Å². The first-order valence-electron chi connectivity index (χ1n) is 5.56. The van der Waals surface area contributed by atoms with Gasteiger partial charge in [-0.3, -0.25) is 4.90 Å². The fourth-order valence-electron chi connectivity index (χ4n) is 1.72. The van der Waals surface area contributed by atoms with E-state index < -0.39 is 6.10 Å². The molecule has 1 aliphatic rings. The van der Waals surface area contributed by atoms with Gasteiger partial charge in [-0.2, -0.15) is 5.26 Å². The fraction of sp³-hybridized carbons (Fsp3) is 0.818. The van der Waals surface area contributed by atoms with Crippen molar-refractivity contribution in [3.05, 3.63) is 0 Å². The molecule has 1 aliphatic heterocycles. The van der Waals surface area contributed by atoms with E-state index in [4.69, 9.17) is 10.00 Å². The van der Waals surface area contributed by atoms with Crippen LogP contribution in [0.3, 0.4) is 0 Å². The number of unbranched alkanes of at least 4 members (excludes halogenated alkanes) is 2. The molecule has 1 unspecified atom stereocenters. The van der Waals surface area contributed by atoms with Crippen molar-refractivity contribution >= 4 is 5.97 Å². The Hall–Kier alpha value is -1.12. The van der Waals surface area contributed by atoms with E-state index in [-0.39, 0.29) is 5.97 Å². The Morgan fingerprint density at radius 3 is 3.12 bits per heavy atom. The van der Waals surface area contributed by atoms with Crippen molar-refractivity contribution in [1.82, 2.24) is 4.90 Å². The average molecular weight is 226 g/mol. The minimum atomic E-state index is -0.449. The maximum absolute atomic E-state index is 11.3. The molecule has 1 rings (SSSR count). The van der Waals surface area contributed by atoms with E-state index in [2.05, 4.69) is 15.7 Å². The van der Waals surface area contributed by atoms with Crippen molar-refractivity contribution in [1.29, 1.82) is 5.26 Å². The van der Waals surface area contributed by atoms with Crippen molar-refractivity contribution in [2.45, 2.75) is 25.4 Å². The lowest BCUT2D eigenvalue weighted by atomic mass is 10.2. The largest absolute Gasteiger partial charge is 0.467 e. The molecule has 1 saturated heterocycles. The molecule has 0 N–H and O–H groups in total.